The summed E-state index contributed by atoms with van der Waals surface area (Å²) in [4.78, 5) is 16.6. The summed E-state index contributed by atoms with van der Waals surface area (Å²) in [7, 11) is 4.57. The fourth-order valence-electron chi connectivity index (χ4n) is 1.98. The van der Waals surface area contributed by atoms with Crippen molar-refractivity contribution in [1.29, 1.82) is 0 Å². The third-order valence-corrected chi connectivity index (χ3v) is 4.15. The summed E-state index contributed by atoms with van der Waals surface area (Å²) >= 11 is 1.35. The first kappa shape index (κ1) is 15.3. The number of ether oxygens (including phenoxy) is 3. The van der Waals surface area contributed by atoms with Gasteiger partial charge in [0.2, 0.25) is 0 Å². The Morgan fingerprint density at radius 2 is 1.90 bits per heavy atom. The lowest BCUT2D eigenvalue weighted by molar-refractivity contribution is 0.0605. The Hall–Kier alpha value is -2.08. The zero-order valence-corrected chi connectivity index (χ0v) is 13.2. The number of carbonyl (C=O) groups excluding carboxylic acids is 1. The lowest BCUT2D eigenvalue weighted by Gasteiger charge is -2.08. The molecule has 0 aliphatic heterocycles. The van der Waals surface area contributed by atoms with Crippen LogP contribution in [0.25, 0.3) is 0 Å². The van der Waals surface area contributed by atoms with E-state index < -0.39 is 0 Å². The SMILES string of the molecule is COC(=O)c1sc(Cc2ccc(OC)c(OC)c2)nc1C. The van der Waals surface area contributed by atoms with Gasteiger partial charge in [-0.3, -0.25) is 0 Å². The Bertz CT molecular complexity index is 651. The summed E-state index contributed by atoms with van der Waals surface area (Å²) in [6.45, 7) is 1.81. The summed E-state index contributed by atoms with van der Waals surface area (Å²) in [6, 6.07) is 5.72. The highest BCUT2D eigenvalue weighted by atomic mass is 32.1. The third kappa shape index (κ3) is 3.33. The van der Waals surface area contributed by atoms with E-state index in [2.05, 4.69) is 4.98 Å². The van der Waals surface area contributed by atoms with Gasteiger partial charge in [-0.05, 0) is 24.6 Å². The molecule has 0 amide bonds. The van der Waals surface area contributed by atoms with Crippen molar-refractivity contribution in [2.75, 3.05) is 21.3 Å². The molecule has 2 rings (SSSR count). The highest BCUT2D eigenvalue weighted by Crippen LogP contribution is 2.29. The third-order valence-electron chi connectivity index (χ3n) is 3.01. The van der Waals surface area contributed by atoms with Gasteiger partial charge in [0.15, 0.2) is 11.5 Å². The first-order chi connectivity index (χ1) is 10.1. The van der Waals surface area contributed by atoms with E-state index >= 15 is 0 Å². The molecule has 0 saturated heterocycles. The molecule has 0 unspecified atom stereocenters. The van der Waals surface area contributed by atoms with Crippen LogP contribution in [0.1, 0.15) is 25.9 Å². The standard InChI is InChI=1S/C15H17NO4S/c1-9-14(15(17)20-4)21-13(16-9)8-10-5-6-11(18-2)12(7-10)19-3/h5-7H,8H2,1-4H3. The average molecular weight is 307 g/mol. The first-order valence-electron chi connectivity index (χ1n) is 6.34. The van der Waals surface area contributed by atoms with E-state index in [4.69, 9.17) is 14.2 Å². The molecule has 0 bridgehead atoms. The lowest BCUT2D eigenvalue weighted by Crippen LogP contribution is -1.99. The number of benzene rings is 1. The highest BCUT2D eigenvalue weighted by molar-refractivity contribution is 7.13. The second-order valence-corrected chi connectivity index (χ2v) is 5.46. The first-order valence-corrected chi connectivity index (χ1v) is 7.16. The van der Waals surface area contributed by atoms with Crippen LogP contribution in [0.4, 0.5) is 0 Å². The molecule has 0 aliphatic carbocycles. The van der Waals surface area contributed by atoms with Crippen LogP contribution >= 0.6 is 11.3 Å². The number of thiazole rings is 1. The quantitative estimate of drug-likeness (QED) is 0.795. The molecule has 21 heavy (non-hydrogen) atoms. The van der Waals surface area contributed by atoms with Crippen LogP contribution < -0.4 is 9.47 Å². The zero-order chi connectivity index (χ0) is 15.4. The number of carbonyl (C=O) groups is 1. The summed E-state index contributed by atoms with van der Waals surface area (Å²) in [5, 5.41) is 0.861. The van der Waals surface area contributed by atoms with E-state index in [1.165, 1.54) is 18.4 Å². The maximum Gasteiger partial charge on any atom is 0.349 e. The minimum atomic E-state index is -0.344. The van der Waals surface area contributed by atoms with Gasteiger partial charge in [0.05, 0.1) is 32.0 Å². The van der Waals surface area contributed by atoms with Crippen molar-refractivity contribution in [3.8, 4) is 11.5 Å². The molecule has 1 heterocycles. The van der Waals surface area contributed by atoms with Crippen molar-refractivity contribution in [3.05, 3.63) is 39.3 Å². The summed E-state index contributed by atoms with van der Waals surface area (Å²) in [5.41, 5.74) is 1.74. The van der Waals surface area contributed by atoms with Crippen LogP contribution in [-0.4, -0.2) is 32.3 Å². The van der Waals surface area contributed by atoms with E-state index in [1.807, 2.05) is 18.2 Å². The monoisotopic (exact) mass is 307 g/mol. The van der Waals surface area contributed by atoms with Crippen molar-refractivity contribution >= 4 is 17.3 Å². The second-order valence-electron chi connectivity index (χ2n) is 4.38. The Kier molecular flexibility index (Phi) is 4.80. The molecule has 0 spiro atoms. The van der Waals surface area contributed by atoms with Crippen LogP contribution in [0.3, 0.4) is 0 Å². The highest BCUT2D eigenvalue weighted by Gasteiger charge is 2.16. The number of nitrogens with zero attached hydrogens (tertiary/aromatic N) is 1. The topological polar surface area (TPSA) is 57.7 Å². The maximum absolute atomic E-state index is 11.6. The zero-order valence-electron chi connectivity index (χ0n) is 12.4. The van der Waals surface area contributed by atoms with E-state index in [0.29, 0.717) is 28.5 Å². The Balaban J connectivity index is 2.24. The summed E-state index contributed by atoms with van der Waals surface area (Å²) in [5.74, 6) is 1.02. The fourth-order valence-corrected chi connectivity index (χ4v) is 2.99. The smallest absolute Gasteiger partial charge is 0.349 e. The van der Waals surface area contributed by atoms with Crippen LogP contribution in [0.2, 0.25) is 0 Å². The second kappa shape index (κ2) is 6.58. The Morgan fingerprint density at radius 1 is 1.19 bits per heavy atom. The maximum atomic E-state index is 11.6. The number of aromatic nitrogens is 1. The Labute approximate surface area is 127 Å². The molecule has 2 aromatic rings. The molecule has 112 valence electrons. The van der Waals surface area contributed by atoms with Gasteiger partial charge in [-0.1, -0.05) is 6.07 Å². The number of methoxy groups -OCH3 is 3. The summed E-state index contributed by atoms with van der Waals surface area (Å²) in [6.07, 6.45) is 0.628. The Morgan fingerprint density at radius 3 is 2.52 bits per heavy atom. The fraction of sp³-hybridized carbons (Fsp3) is 0.333. The van der Waals surface area contributed by atoms with Crippen molar-refractivity contribution in [2.45, 2.75) is 13.3 Å². The predicted octanol–water partition coefficient (Wildman–Crippen LogP) is 2.85. The molecular weight excluding hydrogens is 290 g/mol. The van der Waals surface area contributed by atoms with E-state index in [-0.39, 0.29) is 5.97 Å². The van der Waals surface area contributed by atoms with Crippen molar-refractivity contribution in [3.63, 3.8) is 0 Å². The molecule has 5 nitrogen and oxygen atoms in total. The molecule has 0 fully saturated rings. The van der Waals surface area contributed by atoms with Crippen LogP contribution in [0, 0.1) is 6.92 Å². The van der Waals surface area contributed by atoms with Gasteiger partial charge in [0.25, 0.3) is 0 Å². The molecule has 1 aromatic carbocycles. The van der Waals surface area contributed by atoms with E-state index in [0.717, 1.165) is 10.6 Å². The van der Waals surface area contributed by atoms with Gasteiger partial charge in [-0.2, -0.15) is 0 Å². The predicted molar refractivity (Wildman–Crippen MR) is 80.5 cm³/mol. The molecule has 0 N–H and O–H groups in total. The molecule has 1 aromatic heterocycles. The summed E-state index contributed by atoms with van der Waals surface area (Å²) < 4.78 is 15.2. The number of hydrogen-bond acceptors (Lipinski definition) is 6. The minimum absolute atomic E-state index is 0.344. The van der Waals surface area contributed by atoms with Crippen molar-refractivity contribution < 1.29 is 19.0 Å². The lowest BCUT2D eigenvalue weighted by atomic mass is 10.1. The van der Waals surface area contributed by atoms with Gasteiger partial charge in [-0.25, -0.2) is 9.78 Å². The number of aryl methyl sites for hydroxylation is 1. The molecule has 0 aliphatic rings. The van der Waals surface area contributed by atoms with E-state index in [1.54, 1.807) is 21.1 Å². The van der Waals surface area contributed by atoms with Crippen LogP contribution in [0.15, 0.2) is 18.2 Å². The van der Waals surface area contributed by atoms with Crippen molar-refractivity contribution in [1.82, 2.24) is 4.98 Å². The minimum Gasteiger partial charge on any atom is -0.493 e. The molecular formula is C15H17NO4S. The molecule has 6 heteroatoms. The molecule has 0 saturated carbocycles. The number of hydrogen-bond donors (Lipinski definition) is 0. The van der Waals surface area contributed by atoms with Crippen LogP contribution in [0.5, 0.6) is 11.5 Å². The normalized spacial score (nSPS) is 10.3. The van der Waals surface area contributed by atoms with Crippen molar-refractivity contribution in [2.24, 2.45) is 0 Å². The van der Waals surface area contributed by atoms with E-state index in [9.17, 15) is 4.79 Å². The number of rotatable bonds is 5. The molecule has 0 radical (unpaired) electrons. The van der Waals surface area contributed by atoms with Gasteiger partial charge >= 0.3 is 5.97 Å². The number of esters is 1. The van der Waals surface area contributed by atoms with Gasteiger partial charge < -0.3 is 14.2 Å². The van der Waals surface area contributed by atoms with Gasteiger partial charge in [-0.15, -0.1) is 11.3 Å². The largest absolute Gasteiger partial charge is 0.493 e. The van der Waals surface area contributed by atoms with Gasteiger partial charge in [0, 0.05) is 6.42 Å². The van der Waals surface area contributed by atoms with Gasteiger partial charge in [0.1, 0.15) is 4.88 Å². The molecule has 0 atom stereocenters. The van der Waals surface area contributed by atoms with Crippen LogP contribution in [-0.2, 0) is 11.2 Å². The average Bonchev–Trinajstić information content (AvgIpc) is 2.86.